The summed E-state index contributed by atoms with van der Waals surface area (Å²) in [6, 6.07) is 0. The normalized spacial score (nSPS) is 11.7. The Hall–Kier alpha value is -0.590. The summed E-state index contributed by atoms with van der Waals surface area (Å²) in [5.41, 5.74) is 2.11. The van der Waals surface area contributed by atoms with Crippen LogP contribution in [0.15, 0.2) is 17.3 Å². The van der Waals surface area contributed by atoms with Crippen LogP contribution in [0.4, 0.5) is 0 Å². The summed E-state index contributed by atoms with van der Waals surface area (Å²) >= 11 is 0. The van der Waals surface area contributed by atoms with Gasteiger partial charge < -0.3 is 0 Å². The highest BCUT2D eigenvalue weighted by Crippen LogP contribution is 1.99. The lowest BCUT2D eigenvalue weighted by Crippen LogP contribution is -1.90. The average molecular weight is 139 g/mol. The standard InChI is InChI=1S/C9H17N/c1-5-6-7-9(4)10-8(2)3/h2,5-7H2,1,3-4H3. The minimum Gasteiger partial charge on any atom is -0.263 e. The SMILES string of the molecule is C=C(C)N=C(C)CCCC. The van der Waals surface area contributed by atoms with E-state index in [0.29, 0.717) is 0 Å². The van der Waals surface area contributed by atoms with Crippen molar-refractivity contribution in [1.29, 1.82) is 0 Å². The molecular weight excluding hydrogens is 122 g/mol. The van der Waals surface area contributed by atoms with Crippen LogP contribution >= 0.6 is 0 Å². The van der Waals surface area contributed by atoms with Crippen molar-refractivity contribution in [3.8, 4) is 0 Å². The van der Waals surface area contributed by atoms with Crippen LogP contribution in [0.5, 0.6) is 0 Å². The monoisotopic (exact) mass is 139 g/mol. The third kappa shape index (κ3) is 5.54. The van der Waals surface area contributed by atoms with Crippen LogP contribution in [0.3, 0.4) is 0 Å². The van der Waals surface area contributed by atoms with E-state index >= 15 is 0 Å². The first kappa shape index (κ1) is 9.41. The molecule has 1 heteroatoms. The zero-order chi connectivity index (χ0) is 7.98. The van der Waals surface area contributed by atoms with Gasteiger partial charge in [0, 0.05) is 11.4 Å². The summed E-state index contributed by atoms with van der Waals surface area (Å²) in [4.78, 5) is 4.24. The maximum Gasteiger partial charge on any atom is 0.0300 e. The molecule has 0 unspecified atom stereocenters. The van der Waals surface area contributed by atoms with Gasteiger partial charge in [0.05, 0.1) is 0 Å². The summed E-state index contributed by atoms with van der Waals surface area (Å²) in [6.07, 6.45) is 3.59. The summed E-state index contributed by atoms with van der Waals surface area (Å²) in [5, 5.41) is 0. The number of rotatable bonds is 4. The van der Waals surface area contributed by atoms with Crippen LogP contribution in [-0.4, -0.2) is 5.71 Å². The van der Waals surface area contributed by atoms with Crippen molar-refractivity contribution in [3.05, 3.63) is 12.3 Å². The van der Waals surface area contributed by atoms with Gasteiger partial charge in [0.15, 0.2) is 0 Å². The van der Waals surface area contributed by atoms with E-state index in [-0.39, 0.29) is 0 Å². The summed E-state index contributed by atoms with van der Waals surface area (Å²) in [6.45, 7) is 9.89. The van der Waals surface area contributed by atoms with Crippen molar-refractivity contribution >= 4 is 5.71 Å². The van der Waals surface area contributed by atoms with Gasteiger partial charge in [-0.2, -0.15) is 0 Å². The molecule has 0 rings (SSSR count). The largest absolute Gasteiger partial charge is 0.263 e. The molecule has 0 aromatic heterocycles. The van der Waals surface area contributed by atoms with Gasteiger partial charge in [-0.05, 0) is 26.7 Å². The molecule has 10 heavy (non-hydrogen) atoms. The second-order valence-corrected chi connectivity index (χ2v) is 2.69. The van der Waals surface area contributed by atoms with E-state index in [2.05, 4.69) is 25.4 Å². The first-order valence-electron chi connectivity index (χ1n) is 3.86. The van der Waals surface area contributed by atoms with Gasteiger partial charge in [0.25, 0.3) is 0 Å². The van der Waals surface area contributed by atoms with Gasteiger partial charge in [-0.25, -0.2) is 0 Å². The molecule has 0 amide bonds. The second-order valence-electron chi connectivity index (χ2n) is 2.69. The maximum absolute atomic E-state index is 4.24. The molecule has 0 radical (unpaired) electrons. The van der Waals surface area contributed by atoms with Crippen LogP contribution in [0.2, 0.25) is 0 Å². The van der Waals surface area contributed by atoms with Crippen molar-refractivity contribution in [2.45, 2.75) is 40.0 Å². The minimum atomic E-state index is 0.911. The third-order valence-electron chi connectivity index (χ3n) is 1.27. The molecular formula is C9H17N. The van der Waals surface area contributed by atoms with Gasteiger partial charge in [-0.3, -0.25) is 4.99 Å². The Balaban J connectivity index is 3.60. The van der Waals surface area contributed by atoms with Crippen molar-refractivity contribution in [2.75, 3.05) is 0 Å². The number of hydrogen-bond acceptors (Lipinski definition) is 1. The Kier molecular flexibility index (Phi) is 4.91. The Morgan fingerprint density at radius 2 is 2.00 bits per heavy atom. The Bertz CT molecular complexity index is 134. The molecule has 0 saturated heterocycles. The third-order valence-corrected chi connectivity index (χ3v) is 1.27. The first-order valence-corrected chi connectivity index (χ1v) is 3.86. The number of allylic oxidation sites excluding steroid dienone is 1. The minimum absolute atomic E-state index is 0.911. The Labute approximate surface area is 63.9 Å². The molecule has 0 atom stereocenters. The molecule has 1 nitrogen and oxygen atoms in total. The number of hydrogen-bond donors (Lipinski definition) is 0. The predicted molar refractivity (Wildman–Crippen MR) is 47.4 cm³/mol. The van der Waals surface area contributed by atoms with Gasteiger partial charge in [-0.1, -0.05) is 19.9 Å². The van der Waals surface area contributed by atoms with Crippen LogP contribution in [0.1, 0.15) is 40.0 Å². The topological polar surface area (TPSA) is 12.4 Å². The molecule has 0 aliphatic carbocycles. The molecule has 0 spiro atoms. The van der Waals surface area contributed by atoms with Crippen molar-refractivity contribution in [3.63, 3.8) is 0 Å². The van der Waals surface area contributed by atoms with E-state index in [1.807, 2.05) is 6.92 Å². The molecule has 0 aromatic carbocycles. The Morgan fingerprint density at radius 1 is 1.40 bits per heavy atom. The van der Waals surface area contributed by atoms with E-state index < -0.39 is 0 Å². The van der Waals surface area contributed by atoms with Gasteiger partial charge >= 0.3 is 0 Å². The summed E-state index contributed by atoms with van der Waals surface area (Å²) < 4.78 is 0. The fourth-order valence-electron chi connectivity index (χ4n) is 0.814. The molecule has 0 bridgehead atoms. The van der Waals surface area contributed by atoms with Crippen LogP contribution in [0, 0.1) is 0 Å². The first-order chi connectivity index (χ1) is 4.66. The predicted octanol–water partition coefficient (Wildman–Crippen LogP) is 3.17. The lowest BCUT2D eigenvalue weighted by Gasteiger charge is -1.96. The molecule has 0 aliphatic rings. The van der Waals surface area contributed by atoms with E-state index in [1.54, 1.807) is 0 Å². The highest BCUT2D eigenvalue weighted by atomic mass is 14.7. The highest BCUT2D eigenvalue weighted by Gasteiger charge is 1.89. The summed E-state index contributed by atoms with van der Waals surface area (Å²) in [7, 11) is 0. The number of aliphatic imine (C=N–C) groups is 1. The van der Waals surface area contributed by atoms with Crippen LogP contribution in [-0.2, 0) is 0 Å². The summed E-state index contributed by atoms with van der Waals surface area (Å²) in [5.74, 6) is 0. The highest BCUT2D eigenvalue weighted by molar-refractivity contribution is 5.82. The van der Waals surface area contributed by atoms with Gasteiger partial charge in [0.2, 0.25) is 0 Å². The molecule has 0 heterocycles. The average Bonchev–Trinajstić information content (AvgIpc) is 1.82. The molecule has 0 N–H and O–H groups in total. The van der Waals surface area contributed by atoms with E-state index in [1.165, 1.54) is 18.6 Å². The number of nitrogens with zero attached hydrogens (tertiary/aromatic N) is 1. The zero-order valence-electron chi connectivity index (χ0n) is 7.28. The fourth-order valence-corrected chi connectivity index (χ4v) is 0.814. The van der Waals surface area contributed by atoms with E-state index in [9.17, 15) is 0 Å². The molecule has 0 aromatic rings. The smallest absolute Gasteiger partial charge is 0.0300 e. The van der Waals surface area contributed by atoms with Gasteiger partial charge in [0.1, 0.15) is 0 Å². The zero-order valence-corrected chi connectivity index (χ0v) is 7.28. The van der Waals surface area contributed by atoms with E-state index in [0.717, 1.165) is 12.1 Å². The second kappa shape index (κ2) is 5.21. The number of unbranched alkanes of at least 4 members (excludes halogenated alkanes) is 1. The molecule has 0 saturated carbocycles. The lowest BCUT2D eigenvalue weighted by atomic mass is 10.2. The van der Waals surface area contributed by atoms with Crippen molar-refractivity contribution < 1.29 is 0 Å². The quantitative estimate of drug-likeness (QED) is 0.530. The van der Waals surface area contributed by atoms with Crippen LogP contribution in [0.25, 0.3) is 0 Å². The fraction of sp³-hybridized carbons (Fsp3) is 0.667. The molecule has 0 fully saturated rings. The van der Waals surface area contributed by atoms with E-state index in [4.69, 9.17) is 0 Å². The maximum atomic E-state index is 4.24. The molecule has 58 valence electrons. The van der Waals surface area contributed by atoms with Crippen LogP contribution < -0.4 is 0 Å². The Morgan fingerprint density at radius 3 is 2.40 bits per heavy atom. The molecule has 0 aliphatic heterocycles. The lowest BCUT2D eigenvalue weighted by molar-refractivity contribution is 0.832. The van der Waals surface area contributed by atoms with Crippen molar-refractivity contribution in [1.82, 2.24) is 0 Å². The van der Waals surface area contributed by atoms with Gasteiger partial charge in [-0.15, -0.1) is 0 Å². The van der Waals surface area contributed by atoms with Crippen molar-refractivity contribution in [2.24, 2.45) is 4.99 Å².